The lowest BCUT2D eigenvalue weighted by molar-refractivity contribution is -0.117. The van der Waals surface area contributed by atoms with Gasteiger partial charge in [0.15, 0.2) is 0 Å². The molecule has 0 saturated heterocycles. The molecule has 0 heterocycles. The predicted octanol–water partition coefficient (Wildman–Crippen LogP) is 3.70. The number of fused-ring (bicyclic) bond motifs is 1. The predicted molar refractivity (Wildman–Crippen MR) is 75.1 cm³/mol. The highest BCUT2D eigenvalue weighted by molar-refractivity contribution is 9.10. The molecule has 0 saturated carbocycles. The van der Waals surface area contributed by atoms with E-state index < -0.39 is 5.92 Å². The second-order valence-electron chi connectivity index (χ2n) is 4.05. The Labute approximate surface area is 114 Å². The summed E-state index contributed by atoms with van der Waals surface area (Å²) in [7, 11) is 0. The van der Waals surface area contributed by atoms with Gasteiger partial charge in [0, 0.05) is 10.2 Å². The van der Waals surface area contributed by atoms with Gasteiger partial charge in [-0.15, -0.1) is 0 Å². The van der Waals surface area contributed by atoms with E-state index in [9.17, 15) is 4.79 Å². The maximum absolute atomic E-state index is 11.6. The Morgan fingerprint density at radius 2 is 1.94 bits per heavy atom. The van der Waals surface area contributed by atoms with E-state index in [1.807, 2.05) is 42.5 Å². The van der Waals surface area contributed by atoms with Gasteiger partial charge in [0.2, 0.25) is 5.91 Å². The number of nitrogens with one attached hydrogen (secondary N) is 1. The van der Waals surface area contributed by atoms with E-state index in [4.69, 9.17) is 5.26 Å². The highest BCUT2D eigenvalue weighted by Gasteiger charge is 2.11. The lowest BCUT2D eigenvalue weighted by Crippen LogP contribution is -2.18. The third-order valence-corrected chi connectivity index (χ3v) is 3.15. The quantitative estimate of drug-likeness (QED) is 0.919. The van der Waals surface area contributed by atoms with E-state index >= 15 is 0 Å². The molecule has 0 spiro atoms. The first-order valence-corrected chi connectivity index (χ1v) is 6.29. The number of amides is 1. The van der Waals surface area contributed by atoms with Crippen LogP contribution in [0.1, 0.15) is 6.92 Å². The van der Waals surface area contributed by atoms with E-state index in [0.29, 0.717) is 5.69 Å². The normalized spacial score (nSPS) is 11.8. The number of carbonyl (C=O) groups is 1. The first kappa shape index (κ1) is 12.6. The fraction of sp³-hybridized carbons (Fsp3) is 0.143. The second-order valence-corrected chi connectivity index (χ2v) is 4.96. The molecule has 0 fully saturated rings. The SMILES string of the molecule is CC(C#N)C(=O)Nc1ccc2cc(Br)ccc2c1. The number of rotatable bonds is 2. The van der Waals surface area contributed by atoms with Crippen molar-refractivity contribution < 1.29 is 4.79 Å². The standard InChI is InChI=1S/C14H11BrN2O/c1-9(8-16)14(18)17-13-5-3-10-6-12(15)4-2-11(10)7-13/h2-7,9H,1H3,(H,17,18). The molecule has 0 bridgehead atoms. The smallest absolute Gasteiger partial charge is 0.241 e. The summed E-state index contributed by atoms with van der Waals surface area (Å²) in [5.74, 6) is -0.931. The number of carbonyl (C=O) groups excluding carboxylic acids is 1. The van der Waals surface area contributed by atoms with Crippen LogP contribution in [0.3, 0.4) is 0 Å². The van der Waals surface area contributed by atoms with Crippen LogP contribution >= 0.6 is 15.9 Å². The van der Waals surface area contributed by atoms with Crippen LogP contribution in [0, 0.1) is 17.2 Å². The molecule has 2 aromatic rings. The van der Waals surface area contributed by atoms with Crippen molar-refractivity contribution in [1.29, 1.82) is 5.26 Å². The van der Waals surface area contributed by atoms with Crippen LogP contribution < -0.4 is 5.32 Å². The average Bonchev–Trinajstić information content (AvgIpc) is 2.38. The molecule has 2 rings (SSSR count). The summed E-state index contributed by atoms with van der Waals surface area (Å²) in [5.41, 5.74) is 0.705. The fourth-order valence-corrected chi connectivity index (χ4v) is 1.98. The Morgan fingerprint density at radius 3 is 2.67 bits per heavy atom. The maximum Gasteiger partial charge on any atom is 0.241 e. The number of halogens is 1. The van der Waals surface area contributed by atoms with E-state index in [-0.39, 0.29) is 5.91 Å². The first-order valence-electron chi connectivity index (χ1n) is 5.50. The molecule has 1 amide bonds. The minimum Gasteiger partial charge on any atom is -0.325 e. The molecular formula is C14H11BrN2O. The monoisotopic (exact) mass is 302 g/mol. The minimum atomic E-state index is -0.648. The molecule has 0 aromatic heterocycles. The molecule has 0 aliphatic heterocycles. The van der Waals surface area contributed by atoms with Crippen LogP contribution in [0.4, 0.5) is 5.69 Å². The lowest BCUT2D eigenvalue weighted by Gasteiger charge is -2.07. The van der Waals surface area contributed by atoms with E-state index in [1.165, 1.54) is 0 Å². The number of nitrogens with zero attached hydrogens (tertiary/aromatic N) is 1. The molecule has 90 valence electrons. The summed E-state index contributed by atoms with van der Waals surface area (Å²) in [5, 5.41) is 13.5. The van der Waals surface area contributed by atoms with Gasteiger partial charge in [0.25, 0.3) is 0 Å². The van der Waals surface area contributed by atoms with Crippen molar-refractivity contribution in [2.75, 3.05) is 5.32 Å². The molecule has 2 aromatic carbocycles. The molecule has 0 aliphatic carbocycles. The molecule has 0 aliphatic rings. The van der Waals surface area contributed by atoms with Crippen molar-refractivity contribution in [3.8, 4) is 6.07 Å². The number of benzene rings is 2. The van der Waals surface area contributed by atoms with Crippen molar-refractivity contribution in [2.45, 2.75) is 6.92 Å². The van der Waals surface area contributed by atoms with Gasteiger partial charge in [0.05, 0.1) is 6.07 Å². The van der Waals surface area contributed by atoms with Crippen LogP contribution in [-0.2, 0) is 4.79 Å². The fourth-order valence-electron chi connectivity index (χ4n) is 1.60. The Balaban J connectivity index is 2.29. The summed E-state index contributed by atoms with van der Waals surface area (Å²) < 4.78 is 1.02. The first-order chi connectivity index (χ1) is 8.60. The maximum atomic E-state index is 11.6. The van der Waals surface area contributed by atoms with Crippen molar-refractivity contribution in [3.05, 3.63) is 40.9 Å². The number of anilines is 1. The van der Waals surface area contributed by atoms with Crippen LogP contribution in [0.15, 0.2) is 40.9 Å². The zero-order valence-corrected chi connectivity index (χ0v) is 11.4. The summed E-state index contributed by atoms with van der Waals surface area (Å²) in [6.45, 7) is 1.58. The van der Waals surface area contributed by atoms with Gasteiger partial charge in [-0.25, -0.2) is 0 Å². The van der Waals surface area contributed by atoms with Crippen LogP contribution in [-0.4, -0.2) is 5.91 Å². The Morgan fingerprint density at radius 1 is 1.28 bits per heavy atom. The van der Waals surface area contributed by atoms with Crippen molar-refractivity contribution in [1.82, 2.24) is 0 Å². The van der Waals surface area contributed by atoms with Gasteiger partial charge in [-0.2, -0.15) is 5.26 Å². The van der Waals surface area contributed by atoms with Gasteiger partial charge in [-0.1, -0.05) is 28.1 Å². The summed E-state index contributed by atoms with van der Waals surface area (Å²) in [6.07, 6.45) is 0. The molecule has 1 N–H and O–H groups in total. The van der Waals surface area contributed by atoms with E-state index in [1.54, 1.807) is 6.92 Å². The molecule has 1 unspecified atom stereocenters. The lowest BCUT2D eigenvalue weighted by atomic mass is 10.1. The highest BCUT2D eigenvalue weighted by Crippen LogP contribution is 2.23. The van der Waals surface area contributed by atoms with Gasteiger partial charge >= 0.3 is 0 Å². The summed E-state index contributed by atoms with van der Waals surface area (Å²) in [6, 6.07) is 13.5. The van der Waals surface area contributed by atoms with E-state index in [0.717, 1.165) is 15.2 Å². The zero-order valence-electron chi connectivity index (χ0n) is 9.77. The van der Waals surface area contributed by atoms with Gasteiger partial charge in [-0.3, -0.25) is 4.79 Å². The molecule has 3 nitrogen and oxygen atoms in total. The van der Waals surface area contributed by atoms with Crippen LogP contribution in [0.5, 0.6) is 0 Å². The molecule has 18 heavy (non-hydrogen) atoms. The third kappa shape index (κ3) is 2.69. The molecule has 4 heteroatoms. The van der Waals surface area contributed by atoms with E-state index in [2.05, 4.69) is 21.2 Å². The van der Waals surface area contributed by atoms with Crippen molar-refractivity contribution >= 4 is 38.3 Å². The average molecular weight is 303 g/mol. The summed E-state index contributed by atoms with van der Waals surface area (Å²) >= 11 is 3.41. The Hall–Kier alpha value is -1.86. The van der Waals surface area contributed by atoms with Crippen molar-refractivity contribution in [3.63, 3.8) is 0 Å². The number of nitriles is 1. The van der Waals surface area contributed by atoms with Gasteiger partial charge in [0.1, 0.15) is 5.92 Å². The molecule has 0 radical (unpaired) electrons. The Bertz CT molecular complexity index is 646. The zero-order chi connectivity index (χ0) is 13.1. The number of hydrogen-bond acceptors (Lipinski definition) is 2. The second kappa shape index (κ2) is 5.19. The number of hydrogen-bond donors (Lipinski definition) is 1. The van der Waals surface area contributed by atoms with Crippen LogP contribution in [0.2, 0.25) is 0 Å². The minimum absolute atomic E-state index is 0.283. The van der Waals surface area contributed by atoms with Crippen molar-refractivity contribution in [2.24, 2.45) is 5.92 Å². The third-order valence-electron chi connectivity index (χ3n) is 2.66. The van der Waals surface area contributed by atoms with Gasteiger partial charge in [-0.05, 0) is 42.0 Å². The van der Waals surface area contributed by atoms with Gasteiger partial charge < -0.3 is 5.32 Å². The topological polar surface area (TPSA) is 52.9 Å². The largest absolute Gasteiger partial charge is 0.325 e. The molecular weight excluding hydrogens is 292 g/mol. The summed E-state index contributed by atoms with van der Waals surface area (Å²) in [4.78, 5) is 11.6. The highest BCUT2D eigenvalue weighted by atomic mass is 79.9. The molecule has 1 atom stereocenters. The Kier molecular flexibility index (Phi) is 3.63. The van der Waals surface area contributed by atoms with Crippen LogP contribution in [0.25, 0.3) is 10.8 Å².